The fraction of sp³-hybridized carbons (Fsp3) is 0.0714. The van der Waals surface area contributed by atoms with Crippen molar-refractivity contribution in [1.82, 2.24) is 4.98 Å². The van der Waals surface area contributed by atoms with Gasteiger partial charge >= 0.3 is 0 Å². The average Bonchev–Trinajstić information content (AvgIpc) is 2.41. The van der Waals surface area contributed by atoms with E-state index in [0.717, 1.165) is 11.1 Å². The molecular formula is C14H11N3. The number of nitrogens with zero attached hydrogens (tertiary/aromatic N) is 3. The molecule has 3 heteroatoms. The number of pyridine rings is 1. The minimum Gasteiger partial charge on any atom is -0.288 e. The molecule has 0 aliphatic carbocycles. The van der Waals surface area contributed by atoms with Crippen molar-refractivity contribution in [2.24, 2.45) is 4.99 Å². The highest BCUT2D eigenvalue weighted by atomic mass is 14.7. The molecule has 0 aliphatic rings. The number of rotatable bonds is 3. The van der Waals surface area contributed by atoms with Gasteiger partial charge in [0.15, 0.2) is 0 Å². The maximum Gasteiger partial charge on any atom is 0.0991 e. The lowest BCUT2D eigenvalue weighted by Crippen LogP contribution is -1.85. The Labute approximate surface area is 100 Å². The number of hydrogen-bond donors (Lipinski definition) is 0. The van der Waals surface area contributed by atoms with E-state index in [-0.39, 0.29) is 0 Å². The quantitative estimate of drug-likeness (QED) is 0.748. The summed E-state index contributed by atoms with van der Waals surface area (Å²) in [5, 5.41) is 8.67. The van der Waals surface area contributed by atoms with E-state index < -0.39 is 0 Å². The van der Waals surface area contributed by atoms with Crippen LogP contribution < -0.4 is 0 Å². The number of aromatic nitrogens is 1. The Morgan fingerprint density at radius 3 is 2.47 bits per heavy atom. The predicted octanol–water partition coefficient (Wildman–Crippen LogP) is 2.57. The SMILES string of the molecule is N#Cc1ccc(CN=Cc2ccncc2)cc1. The highest BCUT2D eigenvalue weighted by Gasteiger charge is 1.92. The first-order chi connectivity index (χ1) is 8.38. The summed E-state index contributed by atoms with van der Waals surface area (Å²) in [6.45, 7) is 0.619. The van der Waals surface area contributed by atoms with Crippen LogP contribution >= 0.6 is 0 Å². The van der Waals surface area contributed by atoms with E-state index in [9.17, 15) is 0 Å². The zero-order valence-corrected chi connectivity index (χ0v) is 9.24. The Hall–Kier alpha value is -2.47. The fourth-order valence-corrected chi connectivity index (χ4v) is 1.39. The van der Waals surface area contributed by atoms with Gasteiger partial charge in [-0.2, -0.15) is 5.26 Å². The van der Waals surface area contributed by atoms with E-state index >= 15 is 0 Å². The monoisotopic (exact) mass is 221 g/mol. The molecule has 0 radical (unpaired) electrons. The minimum absolute atomic E-state index is 0.619. The highest BCUT2D eigenvalue weighted by Crippen LogP contribution is 2.04. The van der Waals surface area contributed by atoms with Crippen LogP contribution in [0.1, 0.15) is 16.7 Å². The zero-order valence-electron chi connectivity index (χ0n) is 9.24. The first-order valence-electron chi connectivity index (χ1n) is 5.27. The van der Waals surface area contributed by atoms with Crippen LogP contribution in [0.3, 0.4) is 0 Å². The Morgan fingerprint density at radius 2 is 1.82 bits per heavy atom. The van der Waals surface area contributed by atoms with Crippen LogP contribution in [-0.2, 0) is 6.54 Å². The molecule has 2 rings (SSSR count). The molecule has 3 nitrogen and oxygen atoms in total. The molecule has 0 aliphatic heterocycles. The number of benzene rings is 1. The zero-order chi connectivity index (χ0) is 11.9. The molecule has 1 aromatic carbocycles. The summed E-state index contributed by atoms with van der Waals surface area (Å²) in [5.74, 6) is 0. The van der Waals surface area contributed by atoms with Crippen molar-refractivity contribution in [3.05, 3.63) is 65.5 Å². The molecule has 82 valence electrons. The van der Waals surface area contributed by atoms with Crippen molar-refractivity contribution >= 4 is 6.21 Å². The Balaban J connectivity index is 1.98. The van der Waals surface area contributed by atoms with Gasteiger partial charge in [-0.15, -0.1) is 0 Å². The lowest BCUT2D eigenvalue weighted by Gasteiger charge is -1.96. The van der Waals surface area contributed by atoms with E-state index in [2.05, 4.69) is 16.0 Å². The van der Waals surface area contributed by atoms with Gasteiger partial charge in [0.1, 0.15) is 0 Å². The van der Waals surface area contributed by atoms with E-state index in [1.165, 1.54) is 0 Å². The second kappa shape index (κ2) is 5.57. The van der Waals surface area contributed by atoms with Gasteiger partial charge in [-0.3, -0.25) is 9.98 Å². The predicted molar refractivity (Wildman–Crippen MR) is 66.7 cm³/mol. The molecule has 0 fully saturated rings. The minimum atomic E-state index is 0.619. The van der Waals surface area contributed by atoms with E-state index in [0.29, 0.717) is 12.1 Å². The van der Waals surface area contributed by atoms with Gasteiger partial charge < -0.3 is 0 Å². The number of hydrogen-bond acceptors (Lipinski definition) is 3. The van der Waals surface area contributed by atoms with Crippen LogP contribution in [-0.4, -0.2) is 11.2 Å². The first-order valence-corrected chi connectivity index (χ1v) is 5.27. The van der Waals surface area contributed by atoms with Gasteiger partial charge in [-0.25, -0.2) is 0 Å². The van der Waals surface area contributed by atoms with Crippen LogP contribution in [0.15, 0.2) is 53.8 Å². The van der Waals surface area contributed by atoms with Gasteiger partial charge in [0, 0.05) is 18.6 Å². The molecule has 0 amide bonds. The summed E-state index contributed by atoms with van der Waals surface area (Å²) in [4.78, 5) is 8.27. The molecule has 0 N–H and O–H groups in total. The lowest BCUT2D eigenvalue weighted by atomic mass is 10.1. The largest absolute Gasteiger partial charge is 0.288 e. The summed E-state index contributed by atoms with van der Waals surface area (Å²) >= 11 is 0. The third kappa shape index (κ3) is 3.25. The molecule has 0 spiro atoms. The van der Waals surface area contributed by atoms with Gasteiger partial charge in [0.25, 0.3) is 0 Å². The Morgan fingerprint density at radius 1 is 1.12 bits per heavy atom. The molecule has 1 aromatic heterocycles. The van der Waals surface area contributed by atoms with Crippen molar-refractivity contribution in [1.29, 1.82) is 5.26 Å². The maximum absolute atomic E-state index is 8.67. The summed E-state index contributed by atoms with van der Waals surface area (Å²) in [7, 11) is 0. The fourth-order valence-electron chi connectivity index (χ4n) is 1.39. The second-order valence-electron chi connectivity index (χ2n) is 3.56. The van der Waals surface area contributed by atoms with Crippen molar-refractivity contribution < 1.29 is 0 Å². The Bertz CT molecular complexity index is 536. The van der Waals surface area contributed by atoms with Crippen molar-refractivity contribution in [3.8, 4) is 6.07 Å². The van der Waals surface area contributed by atoms with Crippen LogP contribution in [0.4, 0.5) is 0 Å². The molecule has 0 bridgehead atoms. The van der Waals surface area contributed by atoms with Crippen LogP contribution in [0.25, 0.3) is 0 Å². The van der Waals surface area contributed by atoms with Gasteiger partial charge in [-0.1, -0.05) is 12.1 Å². The summed E-state index contributed by atoms with van der Waals surface area (Å²) < 4.78 is 0. The third-order valence-corrected chi connectivity index (χ3v) is 2.30. The molecule has 17 heavy (non-hydrogen) atoms. The molecular weight excluding hydrogens is 210 g/mol. The van der Waals surface area contributed by atoms with E-state index in [1.54, 1.807) is 24.5 Å². The standard InChI is InChI=1S/C14H11N3/c15-9-12-1-3-13(4-2-12)10-17-11-14-5-7-16-8-6-14/h1-8,11H,10H2. The molecule has 1 heterocycles. The topological polar surface area (TPSA) is 49.0 Å². The lowest BCUT2D eigenvalue weighted by molar-refractivity contribution is 1.08. The van der Waals surface area contributed by atoms with Gasteiger partial charge in [0.05, 0.1) is 18.2 Å². The molecule has 0 saturated carbocycles. The van der Waals surface area contributed by atoms with Crippen molar-refractivity contribution in [3.63, 3.8) is 0 Å². The first kappa shape index (κ1) is 11.0. The summed E-state index contributed by atoms with van der Waals surface area (Å²) in [6.07, 6.45) is 5.30. The van der Waals surface area contributed by atoms with Crippen LogP contribution in [0, 0.1) is 11.3 Å². The second-order valence-corrected chi connectivity index (χ2v) is 3.56. The van der Waals surface area contributed by atoms with Crippen molar-refractivity contribution in [2.75, 3.05) is 0 Å². The smallest absolute Gasteiger partial charge is 0.0991 e. The summed E-state index contributed by atoms with van der Waals surface area (Å²) in [6, 6.07) is 13.3. The third-order valence-electron chi connectivity index (χ3n) is 2.30. The molecule has 0 atom stereocenters. The van der Waals surface area contributed by atoms with Crippen LogP contribution in [0.2, 0.25) is 0 Å². The van der Waals surface area contributed by atoms with E-state index in [1.807, 2.05) is 30.5 Å². The van der Waals surface area contributed by atoms with Gasteiger partial charge in [-0.05, 0) is 35.4 Å². The molecule has 0 unspecified atom stereocenters. The summed E-state index contributed by atoms with van der Waals surface area (Å²) in [5.41, 5.74) is 2.80. The van der Waals surface area contributed by atoms with E-state index in [4.69, 9.17) is 5.26 Å². The molecule has 2 aromatic rings. The molecule has 0 saturated heterocycles. The number of aliphatic imine (C=N–C) groups is 1. The van der Waals surface area contributed by atoms with Crippen LogP contribution in [0.5, 0.6) is 0 Å². The number of nitriles is 1. The van der Waals surface area contributed by atoms with Crippen molar-refractivity contribution in [2.45, 2.75) is 6.54 Å². The maximum atomic E-state index is 8.67. The average molecular weight is 221 g/mol. The normalized spacial score (nSPS) is 10.3. The van der Waals surface area contributed by atoms with Gasteiger partial charge in [0.2, 0.25) is 0 Å². The Kier molecular flexibility index (Phi) is 3.61. The highest BCUT2D eigenvalue weighted by molar-refractivity contribution is 5.79.